The van der Waals surface area contributed by atoms with Gasteiger partial charge in [-0.25, -0.2) is 0 Å². The van der Waals surface area contributed by atoms with Crippen LogP contribution in [0.1, 0.15) is 24.3 Å². The Hall–Kier alpha value is -1.67. The van der Waals surface area contributed by atoms with E-state index in [0.29, 0.717) is 17.7 Å². The van der Waals surface area contributed by atoms with Crippen LogP contribution in [0.15, 0.2) is 48.5 Å². The Morgan fingerprint density at radius 1 is 1.05 bits per heavy atom. The molecular weight excluding hydrogens is 258 g/mol. The van der Waals surface area contributed by atoms with Crippen LogP contribution in [0.5, 0.6) is 5.75 Å². The third kappa shape index (κ3) is 2.85. The maximum Gasteiger partial charge on any atom is 0.115 e. The number of phenols is 1. The summed E-state index contributed by atoms with van der Waals surface area (Å²) in [6.45, 7) is 0. The van der Waals surface area contributed by atoms with Gasteiger partial charge in [-0.1, -0.05) is 23.7 Å². The molecule has 19 heavy (non-hydrogen) atoms. The van der Waals surface area contributed by atoms with Gasteiger partial charge < -0.3 is 10.4 Å². The van der Waals surface area contributed by atoms with Crippen molar-refractivity contribution >= 4 is 17.3 Å². The summed E-state index contributed by atoms with van der Waals surface area (Å²) in [5, 5.41) is 13.5. The highest BCUT2D eigenvalue weighted by molar-refractivity contribution is 6.30. The van der Waals surface area contributed by atoms with E-state index in [4.69, 9.17) is 11.6 Å². The first-order chi connectivity index (χ1) is 9.20. The topological polar surface area (TPSA) is 32.3 Å². The van der Waals surface area contributed by atoms with E-state index in [1.807, 2.05) is 24.3 Å². The van der Waals surface area contributed by atoms with Crippen molar-refractivity contribution in [3.05, 3.63) is 59.1 Å². The van der Waals surface area contributed by atoms with Crippen molar-refractivity contribution in [1.82, 2.24) is 0 Å². The standard InChI is InChI=1S/C16H16ClNO/c17-13-3-1-2-11(8-13)12-9-15(10-12)18-14-4-6-16(19)7-5-14/h1-8,12,15,18-19H,9-10H2. The lowest BCUT2D eigenvalue weighted by Crippen LogP contribution is -2.33. The Balaban J connectivity index is 1.57. The van der Waals surface area contributed by atoms with Crippen LogP contribution in [0.3, 0.4) is 0 Å². The average molecular weight is 274 g/mol. The number of phenolic OH excluding ortho intramolecular Hbond substituents is 1. The van der Waals surface area contributed by atoms with Crippen molar-refractivity contribution in [2.75, 3.05) is 5.32 Å². The van der Waals surface area contributed by atoms with E-state index in [1.165, 1.54) is 5.56 Å². The van der Waals surface area contributed by atoms with E-state index in [9.17, 15) is 5.11 Å². The number of aromatic hydroxyl groups is 1. The lowest BCUT2D eigenvalue weighted by molar-refractivity contribution is 0.374. The molecule has 2 aromatic rings. The van der Waals surface area contributed by atoms with E-state index in [-0.39, 0.29) is 0 Å². The number of hydrogen-bond acceptors (Lipinski definition) is 2. The van der Waals surface area contributed by atoms with Gasteiger partial charge in [-0.3, -0.25) is 0 Å². The van der Waals surface area contributed by atoms with E-state index in [2.05, 4.69) is 17.4 Å². The van der Waals surface area contributed by atoms with Crippen LogP contribution in [0, 0.1) is 0 Å². The molecule has 98 valence electrons. The minimum atomic E-state index is 0.302. The van der Waals surface area contributed by atoms with Crippen molar-refractivity contribution < 1.29 is 5.11 Å². The van der Waals surface area contributed by atoms with Crippen molar-refractivity contribution in [2.45, 2.75) is 24.8 Å². The molecule has 0 aliphatic heterocycles. The van der Waals surface area contributed by atoms with Crippen LogP contribution in [-0.2, 0) is 0 Å². The lowest BCUT2D eigenvalue weighted by atomic mass is 9.76. The molecule has 0 bridgehead atoms. The zero-order chi connectivity index (χ0) is 13.2. The second-order valence-electron chi connectivity index (χ2n) is 5.11. The zero-order valence-corrected chi connectivity index (χ0v) is 11.3. The summed E-state index contributed by atoms with van der Waals surface area (Å²) in [7, 11) is 0. The van der Waals surface area contributed by atoms with Gasteiger partial charge in [0.25, 0.3) is 0 Å². The minimum absolute atomic E-state index is 0.302. The average Bonchev–Trinajstić information content (AvgIpc) is 2.35. The molecule has 3 rings (SSSR count). The van der Waals surface area contributed by atoms with Gasteiger partial charge in [0.15, 0.2) is 0 Å². The number of halogens is 1. The van der Waals surface area contributed by atoms with Gasteiger partial charge in [-0.15, -0.1) is 0 Å². The Labute approximate surface area is 118 Å². The van der Waals surface area contributed by atoms with Gasteiger partial charge in [-0.2, -0.15) is 0 Å². The molecule has 1 saturated carbocycles. The number of hydrogen-bond donors (Lipinski definition) is 2. The Morgan fingerprint density at radius 3 is 2.47 bits per heavy atom. The van der Waals surface area contributed by atoms with Gasteiger partial charge in [0.2, 0.25) is 0 Å². The fourth-order valence-corrected chi connectivity index (χ4v) is 2.76. The second kappa shape index (κ2) is 5.14. The molecular formula is C16H16ClNO. The van der Waals surface area contributed by atoms with Crippen LogP contribution in [0.25, 0.3) is 0 Å². The maximum absolute atomic E-state index is 9.24. The molecule has 1 aliphatic carbocycles. The third-order valence-electron chi connectivity index (χ3n) is 3.70. The van der Waals surface area contributed by atoms with Gasteiger partial charge in [-0.05, 0) is 60.7 Å². The van der Waals surface area contributed by atoms with Crippen LogP contribution >= 0.6 is 11.6 Å². The Kier molecular flexibility index (Phi) is 3.34. The fraction of sp³-hybridized carbons (Fsp3) is 0.250. The number of benzene rings is 2. The predicted molar refractivity (Wildman–Crippen MR) is 78.9 cm³/mol. The first-order valence-corrected chi connectivity index (χ1v) is 6.89. The molecule has 0 spiro atoms. The molecule has 3 heteroatoms. The number of anilines is 1. The quantitative estimate of drug-likeness (QED) is 0.812. The molecule has 0 amide bonds. The third-order valence-corrected chi connectivity index (χ3v) is 3.93. The van der Waals surface area contributed by atoms with Gasteiger partial charge in [0.1, 0.15) is 5.75 Å². The highest BCUT2D eigenvalue weighted by Crippen LogP contribution is 2.39. The first kappa shape index (κ1) is 12.4. The zero-order valence-electron chi connectivity index (χ0n) is 10.5. The lowest BCUT2D eigenvalue weighted by Gasteiger charge is -2.37. The summed E-state index contributed by atoms with van der Waals surface area (Å²) >= 11 is 6.01. The van der Waals surface area contributed by atoms with Gasteiger partial charge in [0.05, 0.1) is 0 Å². The minimum Gasteiger partial charge on any atom is -0.508 e. The molecule has 2 N–H and O–H groups in total. The Bertz CT molecular complexity index is 561. The molecule has 1 aliphatic rings. The van der Waals surface area contributed by atoms with Crippen molar-refractivity contribution in [3.63, 3.8) is 0 Å². The van der Waals surface area contributed by atoms with Gasteiger partial charge >= 0.3 is 0 Å². The van der Waals surface area contributed by atoms with Crippen LogP contribution < -0.4 is 5.32 Å². The van der Waals surface area contributed by atoms with Gasteiger partial charge in [0, 0.05) is 16.8 Å². The highest BCUT2D eigenvalue weighted by atomic mass is 35.5. The molecule has 2 nitrogen and oxygen atoms in total. The summed E-state index contributed by atoms with van der Waals surface area (Å²) < 4.78 is 0. The predicted octanol–water partition coefficient (Wildman–Crippen LogP) is 4.40. The SMILES string of the molecule is Oc1ccc(NC2CC(c3cccc(Cl)c3)C2)cc1. The van der Waals surface area contributed by atoms with E-state index >= 15 is 0 Å². The summed E-state index contributed by atoms with van der Waals surface area (Å²) in [5.41, 5.74) is 2.39. The van der Waals surface area contributed by atoms with E-state index < -0.39 is 0 Å². The monoisotopic (exact) mass is 273 g/mol. The molecule has 2 aromatic carbocycles. The van der Waals surface area contributed by atoms with Crippen molar-refractivity contribution in [3.8, 4) is 5.75 Å². The summed E-state index contributed by atoms with van der Waals surface area (Å²) in [6.07, 6.45) is 2.25. The first-order valence-electron chi connectivity index (χ1n) is 6.52. The highest BCUT2D eigenvalue weighted by Gasteiger charge is 2.30. The summed E-state index contributed by atoms with van der Waals surface area (Å²) in [5.74, 6) is 0.907. The summed E-state index contributed by atoms with van der Waals surface area (Å²) in [6, 6.07) is 15.9. The van der Waals surface area contributed by atoms with Crippen LogP contribution in [0.4, 0.5) is 5.69 Å². The molecule has 1 fully saturated rings. The van der Waals surface area contributed by atoms with Crippen LogP contribution in [0.2, 0.25) is 5.02 Å². The van der Waals surface area contributed by atoms with E-state index in [1.54, 1.807) is 12.1 Å². The number of rotatable bonds is 3. The fourth-order valence-electron chi connectivity index (χ4n) is 2.56. The largest absolute Gasteiger partial charge is 0.508 e. The Morgan fingerprint density at radius 2 is 1.79 bits per heavy atom. The molecule has 0 unspecified atom stereocenters. The molecule has 0 heterocycles. The molecule has 0 radical (unpaired) electrons. The van der Waals surface area contributed by atoms with Crippen LogP contribution in [-0.4, -0.2) is 11.1 Å². The smallest absolute Gasteiger partial charge is 0.115 e. The normalized spacial score (nSPS) is 21.7. The second-order valence-corrected chi connectivity index (χ2v) is 5.55. The molecule has 0 atom stereocenters. The molecule has 0 saturated heterocycles. The maximum atomic E-state index is 9.24. The summed E-state index contributed by atoms with van der Waals surface area (Å²) in [4.78, 5) is 0. The van der Waals surface area contributed by atoms with Crippen molar-refractivity contribution in [2.24, 2.45) is 0 Å². The van der Waals surface area contributed by atoms with Crippen molar-refractivity contribution in [1.29, 1.82) is 0 Å². The molecule has 0 aromatic heterocycles. The number of nitrogens with one attached hydrogen (secondary N) is 1. The van der Waals surface area contributed by atoms with E-state index in [0.717, 1.165) is 23.6 Å².